The number of aryl methyl sites for hydroxylation is 2. The summed E-state index contributed by atoms with van der Waals surface area (Å²) >= 11 is 0. The van der Waals surface area contributed by atoms with Gasteiger partial charge in [-0.1, -0.05) is 43.3 Å². The zero-order valence-corrected chi connectivity index (χ0v) is 25.2. The molecule has 0 spiro atoms. The Labute approximate surface area is 252 Å². The van der Waals surface area contributed by atoms with E-state index < -0.39 is 17.9 Å². The van der Waals surface area contributed by atoms with Crippen molar-refractivity contribution in [2.24, 2.45) is 5.92 Å². The molecule has 3 atom stereocenters. The topological polar surface area (TPSA) is 107 Å². The van der Waals surface area contributed by atoms with Gasteiger partial charge in [0.05, 0.1) is 25.2 Å². The molecule has 9 heteroatoms. The van der Waals surface area contributed by atoms with E-state index in [1.807, 2.05) is 86.3 Å². The van der Waals surface area contributed by atoms with E-state index in [1.165, 1.54) is 0 Å². The summed E-state index contributed by atoms with van der Waals surface area (Å²) in [6.07, 6.45) is 0.913. The third-order valence-corrected chi connectivity index (χ3v) is 8.08. The maximum absolute atomic E-state index is 13.5. The van der Waals surface area contributed by atoms with Crippen LogP contribution in [0.3, 0.4) is 0 Å². The molecule has 43 heavy (non-hydrogen) atoms. The van der Waals surface area contributed by atoms with Crippen LogP contribution in [0.1, 0.15) is 55.0 Å². The highest BCUT2D eigenvalue weighted by Gasteiger charge is 2.48. The van der Waals surface area contributed by atoms with Gasteiger partial charge in [0.15, 0.2) is 11.5 Å². The van der Waals surface area contributed by atoms with Crippen molar-refractivity contribution in [1.29, 1.82) is 0 Å². The van der Waals surface area contributed by atoms with Crippen LogP contribution in [-0.2, 0) is 20.7 Å². The molecule has 3 aromatic rings. The van der Waals surface area contributed by atoms with Crippen LogP contribution in [0, 0.1) is 12.8 Å². The van der Waals surface area contributed by atoms with E-state index in [1.54, 1.807) is 0 Å². The molecule has 0 saturated carbocycles. The molecule has 1 saturated heterocycles. The number of hydrogen-bond acceptors (Lipinski definition) is 7. The van der Waals surface area contributed by atoms with Gasteiger partial charge in [-0.25, -0.2) is 0 Å². The minimum absolute atomic E-state index is 0.0395. The SMILES string of the molecule is CCc1cccc(C)c1NC(=O)CN1C[C@H](c2ccc3c(c2)OCO3)[C@@H](C(=O)O)[C@@H]1c1ccc(OCCOC(C)C)cc1. The molecular weight excluding hydrogens is 548 g/mol. The van der Waals surface area contributed by atoms with Crippen LogP contribution in [0.2, 0.25) is 0 Å². The zero-order chi connectivity index (χ0) is 30.5. The summed E-state index contributed by atoms with van der Waals surface area (Å²) in [5.74, 6) is -0.375. The molecule has 0 bridgehead atoms. The van der Waals surface area contributed by atoms with Gasteiger partial charge in [-0.05, 0) is 73.7 Å². The fraction of sp³-hybridized carbons (Fsp3) is 0.412. The first-order valence-electron chi connectivity index (χ1n) is 14.8. The first-order valence-corrected chi connectivity index (χ1v) is 14.8. The number of ether oxygens (including phenoxy) is 4. The Hall–Kier alpha value is -4.08. The van der Waals surface area contributed by atoms with Crippen LogP contribution in [0.15, 0.2) is 60.7 Å². The van der Waals surface area contributed by atoms with Gasteiger partial charge >= 0.3 is 5.97 Å². The minimum Gasteiger partial charge on any atom is -0.491 e. The van der Waals surface area contributed by atoms with E-state index in [9.17, 15) is 14.7 Å². The Morgan fingerprint density at radius 1 is 1.02 bits per heavy atom. The van der Waals surface area contributed by atoms with Gasteiger partial charge < -0.3 is 29.4 Å². The number of anilines is 1. The average molecular weight is 589 g/mol. The molecule has 3 aromatic carbocycles. The largest absolute Gasteiger partial charge is 0.491 e. The second-order valence-electron chi connectivity index (χ2n) is 11.3. The fourth-order valence-electron chi connectivity index (χ4n) is 6.04. The molecule has 2 aliphatic heterocycles. The Bertz CT molecular complexity index is 1440. The van der Waals surface area contributed by atoms with E-state index in [-0.39, 0.29) is 31.3 Å². The minimum atomic E-state index is -0.922. The third kappa shape index (κ3) is 6.95. The zero-order valence-electron chi connectivity index (χ0n) is 25.2. The van der Waals surface area contributed by atoms with Crippen molar-refractivity contribution in [1.82, 2.24) is 4.90 Å². The van der Waals surface area contributed by atoms with Crippen molar-refractivity contribution >= 4 is 17.6 Å². The van der Waals surface area contributed by atoms with E-state index in [0.717, 1.165) is 34.4 Å². The van der Waals surface area contributed by atoms with Crippen molar-refractivity contribution < 1.29 is 33.6 Å². The second kappa shape index (κ2) is 13.5. The first-order chi connectivity index (χ1) is 20.7. The number of hydrogen-bond donors (Lipinski definition) is 2. The number of carboxylic acids is 1. The van der Waals surface area contributed by atoms with Crippen LogP contribution < -0.4 is 19.5 Å². The van der Waals surface area contributed by atoms with E-state index in [4.69, 9.17) is 18.9 Å². The summed E-state index contributed by atoms with van der Waals surface area (Å²) in [6.45, 7) is 9.42. The van der Waals surface area contributed by atoms with Crippen molar-refractivity contribution in [2.45, 2.75) is 52.2 Å². The van der Waals surface area contributed by atoms with Crippen molar-refractivity contribution in [3.8, 4) is 17.2 Å². The van der Waals surface area contributed by atoms with Crippen molar-refractivity contribution in [3.63, 3.8) is 0 Å². The number of amides is 1. The molecule has 0 aromatic heterocycles. The summed E-state index contributed by atoms with van der Waals surface area (Å²) in [4.78, 5) is 28.4. The third-order valence-electron chi connectivity index (χ3n) is 8.08. The molecule has 0 radical (unpaired) electrons. The lowest BCUT2D eigenvalue weighted by Crippen LogP contribution is -2.35. The summed E-state index contributed by atoms with van der Waals surface area (Å²) in [7, 11) is 0. The van der Waals surface area contributed by atoms with Gasteiger partial charge in [-0.2, -0.15) is 0 Å². The fourth-order valence-corrected chi connectivity index (χ4v) is 6.04. The molecule has 2 N–H and O–H groups in total. The number of nitrogens with one attached hydrogen (secondary N) is 1. The molecule has 2 heterocycles. The van der Waals surface area contributed by atoms with Gasteiger partial charge in [0.25, 0.3) is 0 Å². The van der Waals surface area contributed by atoms with Gasteiger partial charge in [0.1, 0.15) is 12.4 Å². The Morgan fingerprint density at radius 2 is 1.77 bits per heavy atom. The number of fused-ring (bicyclic) bond motifs is 1. The molecule has 1 amide bonds. The molecule has 1 fully saturated rings. The number of aliphatic carboxylic acids is 1. The number of benzene rings is 3. The van der Waals surface area contributed by atoms with E-state index in [2.05, 4.69) is 12.2 Å². The number of likely N-dealkylation sites (tertiary alicyclic amines) is 1. The lowest BCUT2D eigenvalue weighted by atomic mass is 9.82. The highest BCUT2D eigenvalue weighted by molar-refractivity contribution is 5.94. The highest BCUT2D eigenvalue weighted by atomic mass is 16.7. The summed E-state index contributed by atoms with van der Waals surface area (Å²) < 4.78 is 22.5. The monoisotopic (exact) mass is 588 g/mol. The smallest absolute Gasteiger partial charge is 0.309 e. The molecule has 0 aliphatic carbocycles. The maximum atomic E-state index is 13.5. The van der Waals surface area contributed by atoms with Crippen LogP contribution in [-0.4, -0.2) is 61.1 Å². The van der Waals surface area contributed by atoms with Gasteiger partial charge in [-0.15, -0.1) is 0 Å². The summed E-state index contributed by atoms with van der Waals surface area (Å²) in [6, 6.07) is 18.5. The normalized spacial score (nSPS) is 19.5. The number of carbonyl (C=O) groups excluding carboxylic acids is 1. The van der Waals surface area contributed by atoms with Crippen LogP contribution >= 0.6 is 0 Å². The lowest BCUT2D eigenvalue weighted by Gasteiger charge is -2.27. The van der Waals surface area contributed by atoms with Crippen LogP contribution in [0.25, 0.3) is 0 Å². The number of para-hydroxylation sites is 1. The standard InChI is InChI=1S/C34H40N2O7/c1-5-23-8-6-7-22(4)32(23)35-30(37)19-36-18-27(25-11-14-28-29(17-25)43-20-42-28)31(34(38)39)33(36)24-9-12-26(13-10-24)41-16-15-40-21(2)3/h6-14,17,21,27,31,33H,5,15-16,18-20H2,1-4H3,(H,35,37)(H,38,39)/t27-,31-,33+/m1/s1. The van der Waals surface area contributed by atoms with Gasteiger partial charge in [0.2, 0.25) is 12.7 Å². The van der Waals surface area contributed by atoms with Gasteiger partial charge in [-0.3, -0.25) is 14.5 Å². The molecule has 2 aliphatic rings. The molecule has 228 valence electrons. The lowest BCUT2D eigenvalue weighted by molar-refractivity contribution is -0.143. The predicted molar refractivity (Wildman–Crippen MR) is 163 cm³/mol. The summed E-state index contributed by atoms with van der Waals surface area (Å²) in [5, 5.41) is 13.7. The van der Waals surface area contributed by atoms with E-state index >= 15 is 0 Å². The Morgan fingerprint density at radius 3 is 2.49 bits per heavy atom. The molecule has 0 unspecified atom stereocenters. The maximum Gasteiger partial charge on any atom is 0.309 e. The van der Waals surface area contributed by atoms with Gasteiger partial charge in [0, 0.05) is 24.2 Å². The second-order valence-corrected chi connectivity index (χ2v) is 11.3. The first kappa shape index (κ1) is 30.4. The summed E-state index contributed by atoms with van der Waals surface area (Å²) in [5.41, 5.74) is 4.50. The number of rotatable bonds is 12. The highest BCUT2D eigenvalue weighted by Crippen LogP contribution is 2.47. The molecule has 9 nitrogen and oxygen atoms in total. The quantitative estimate of drug-likeness (QED) is 0.265. The molecular formula is C34H40N2O7. The van der Waals surface area contributed by atoms with E-state index in [0.29, 0.717) is 37.0 Å². The number of carboxylic acid groups (broad SMARTS) is 1. The van der Waals surface area contributed by atoms with Crippen LogP contribution in [0.5, 0.6) is 17.2 Å². The predicted octanol–water partition coefficient (Wildman–Crippen LogP) is 5.57. The average Bonchev–Trinajstić information content (AvgIpc) is 3.61. The van der Waals surface area contributed by atoms with Crippen molar-refractivity contribution in [3.05, 3.63) is 82.9 Å². The Balaban J connectivity index is 1.42. The molecule has 5 rings (SSSR count). The Kier molecular flexibility index (Phi) is 9.52. The number of nitrogens with zero attached hydrogens (tertiary/aromatic N) is 1. The van der Waals surface area contributed by atoms with Crippen molar-refractivity contribution in [2.75, 3.05) is 38.4 Å². The van der Waals surface area contributed by atoms with Crippen LogP contribution in [0.4, 0.5) is 5.69 Å². The number of carbonyl (C=O) groups is 2.